The van der Waals surface area contributed by atoms with Crippen molar-refractivity contribution in [3.63, 3.8) is 0 Å². The summed E-state index contributed by atoms with van der Waals surface area (Å²) in [6.07, 6.45) is 2.21. The molecule has 0 heterocycles. The minimum absolute atomic E-state index is 0.157. The summed E-state index contributed by atoms with van der Waals surface area (Å²) in [6, 6.07) is 0. The van der Waals surface area contributed by atoms with Gasteiger partial charge in [0.15, 0.2) is 0 Å². The van der Waals surface area contributed by atoms with Gasteiger partial charge >= 0.3 is 15.6 Å². The highest BCUT2D eigenvalue weighted by molar-refractivity contribution is 9.09. The van der Waals surface area contributed by atoms with Gasteiger partial charge in [-0.3, -0.25) is 0 Å². The van der Waals surface area contributed by atoms with E-state index in [2.05, 4.69) is 20.1 Å². The molecule has 0 aromatic rings. The normalized spacial score (nSPS) is 25.3. The minimum Gasteiger partial charge on any atom is -0.381 e. The van der Waals surface area contributed by atoms with Gasteiger partial charge in [0.1, 0.15) is 5.76 Å². The van der Waals surface area contributed by atoms with Crippen molar-refractivity contribution < 1.29 is 25.8 Å². The van der Waals surface area contributed by atoms with Gasteiger partial charge in [-0.15, -0.1) is 0 Å². The molecule has 1 atom stereocenters. The predicted octanol–water partition coefficient (Wildman–Crippen LogP) is 3.32. The quantitative estimate of drug-likeness (QED) is 0.441. The highest BCUT2D eigenvalue weighted by Gasteiger charge is 2.49. The molecule has 0 spiro atoms. The monoisotopic (exact) mass is 336 g/mol. The van der Waals surface area contributed by atoms with E-state index in [4.69, 9.17) is 0 Å². The molecule has 0 saturated carbocycles. The first-order chi connectivity index (χ1) is 7.43. The Morgan fingerprint density at radius 1 is 1.47 bits per heavy atom. The zero-order chi connectivity index (χ0) is 13.5. The van der Waals surface area contributed by atoms with E-state index in [1.807, 2.05) is 13.8 Å². The Morgan fingerprint density at radius 2 is 2.00 bits per heavy atom. The van der Waals surface area contributed by atoms with Gasteiger partial charge in [-0.2, -0.15) is 21.6 Å². The maximum absolute atomic E-state index is 12.1. The number of halogens is 4. The van der Waals surface area contributed by atoms with E-state index in [9.17, 15) is 21.6 Å². The molecule has 8 heteroatoms. The lowest BCUT2D eigenvalue weighted by molar-refractivity contribution is -0.0527. The molecule has 0 aromatic heterocycles. The molecule has 0 bridgehead atoms. The first-order valence-electron chi connectivity index (χ1n) is 4.78. The Morgan fingerprint density at radius 3 is 2.41 bits per heavy atom. The highest BCUT2D eigenvalue weighted by Crippen LogP contribution is 2.40. The Kier molecular flexibility index (Phi) is 3.88. The summed E-state index contributed by atoms with van der Waals surface area (Å²) in [5.74, 6) is -0.166. The zero-order valence-corrected chi connectivity index (χ0v) is 11.6. The van der Waals surface area contributed by atoms with Crippen molar-refractivity contribution in [2.75, 3.05) is 0 Å². The molecule has 3 nitrogen and oxygen atoms in total. The largest absolute Gasteiger partial charge is 0.534 e. The second-order valence-electron chi connectivity index (χ2n) is 4.68. The molecule has 0 amide bonds. The average molecular weight is 337 g/mol. The van der Waals surface area contributed by atoms with Gasteiger partial charge in [-0.05, 0) is 17.9 Å². The van der Waals surface area contributed by atoms with E-state index in [-0.39, 0.29) is 22.4 Å². The molecule has 0 radical (unpaired) electrons. The Labute approximate surface area is 106 Å². The summed E-state index contributed by atoms with van der Waals surface area (Å²) >= 11 is 3.23. The van der Waals surface area contributed by atoms with Gasteiger partial charge < -0.3 is 4.18 Å². The van der Waals surface area contributed by atoms with Gasteiger partial charge in [0.2, 0.25) is 0 Å². The summed E-state index contributed by atoms with van der Waals surface area (Å²) in [4.78, 5) is -0.190. The molecular weight excluding hydrogens is 325 g/mol. The lowest BCUT2D eigenvalue weighted by Gasteiger charge is -2.31. The third kappa shape index (κ3) is 3.87. The lowest BCUT2D eigenvalue weighted by Crippen LogP contribution is -2.29. The van der Waals surface area contributed by atoms with Crippen LogP contribution in [0.4, 0.5) is 13.2 Å². The smallest absolute Gasteiger partial charge is 0.381 e. The first-order valence-corrected chi connectivity index (χ1v) is 7.11. The van der Waals surface area contributed by atoms with Crippen molar-refractivity contribution in [3.05, 3.63) is 11.8 Å². The third-order valence-corrected chi connectivity index (χ3v) is 3.86. The van der Waals surface area contributed by atoms with E-state index in [0.29, 0.717) is 6.42 Å². The van der Waals surface area contributed by atoms with Gasteiger partial charge in [-0.1, -0.05) is 29.8 Å². The number of alkyl halides is 4. The average Bonchev–Trinajstić information content (AvgIpc) is 1.94. The number of allylic oxidation sites excluding steroid dienone is 2. The van der Waals surface area contributed by atoms with Crippen LogP contribution in [0.15, 0.2) is 11.8 Å². The fraction of sp³-hybridized carbons (Fsp3) is 0.778. The van der Waals surface area contributed by atoms with Crippen LogP contribution in [0.2, 0.25) is 0 Å². The van der Waals surface area contributed by atoms with Gasteiger partial charge in [-0.25, -0.2) is 0 Å². The van der Waals surface area contributed by atoms with Crippen LogP contribution in [-0.4, -0.2) is 18.8 Å². The molecule has 1 aliphatic rings. The molecule has 1 unspecified atom stereocenters. The van der Waals surface area contributed by atoms with Crippen LogP contribution < -0.4 is 0 Å². The Hall–Kier alpha value is -0.240. The molecule has 0 saturated heterocycles. The van der Waals surface area contributed by atoms with E-state index < -0.39 is 15.6 Å². The van der Waals surface area contributed by atoms with Gasteiger partial charge in [0.05, 0.1) is 0 Å². The topological polar surface area (TPSA) is 43.4 Å². The zero-order valence-electron chi connectivity index (χ0n) is 9.21. The van der Waals surface area contributed by atoms with Crippen molar-refractivity contribution in [1.82, 2.24) is 0 Å². The summed E-state index contributed by atoms with van der Waals surface area (Å²) in [7, 11) is -5.56. The molecule has 17 heavy (non-hydrogen) atoms. The minimum atomic E-state index is -5.56. The second-order valence-corrected chi connectivity index (χ2v) is 7.39. The fourth-order valence-corrected chi connectivity index (χ4v) is 3.30. The van der Waals surface area contributed by atoms with Crippen LogP contribution in [0.1, 0.15) is 26.7 Å². The first kappa shape index (κ1) is 14.8. The van der Waals surface area contributed by atoms with Crippen LogP contribution in [-0.2, 0) is 14.3 Å². The van der Waals surface area contributed by atoms with Crippen LogP contribution >= 0.6 is 15.9 Å². The maximum atomic E-state index is 12.1. The number of hydrogen-bond acceptors (Lipinski definition) is 3. The van der Waals surface area contributed by atoms with Crippen LogP contribution in [0.5, 0.6) is 0 Å². The molecule has 0 aromatic carbocycles. The molecule has 0 aliphatic heterocycles. The van der Waals surface area contributed by atoms with Crippen molar-refractivity contribution >= 4 is 26.0 Å². The van der Waals surface area contributed by atoms with E-state index in [1.54, 1.807) is 0 Å². The summed E-state index contributed by atoms with van der Waals surface area (Å²) in [6.45, 7) is 3.66. The second kappa shape index (κ2) is 4.46. The highest BCUT2D eigenvalue weighted by atomic mass is 79.9. The van der Waals surface area contributed by atoms with E-state index >= 15 is 0 Å². The van der Waals surface area contributed by atoms with Crippen LogP contribution in [0, 0.1) is 5.41 Å². The number of hydrogen-bond donors (Lipinski definition) is 0. The SMILES string of the molecule is CC1(C)CC(OS(=O)(=O)C(F)(F)F)=CC(Br)C1. The van der Waals surface area contributed by atoms with E-state index in [1.165, 1.54) is 6.08 Å². The lowest BCUT2D eigenvalue weighted by atomic mass is 9.80. The standard InChI is InChI=1S/C9H12BrF3O3S/c1-8(2)4-6(10)3-7(5-8)16-17(14,15)9(11,12)13/h3,6H,4-5H2,1-2H3. The summed E-state index contributed by atoms with van der Waals surface area (Å²) in [5.41, 5.74) is -5.70. The fourth-order valence-electron chi connectivity index (χ4n) is 1.64. The molecule has 1 aliphatic carbocycles. The molecule has 1 rings (SSSR count). The van der Waals surface area contributed by atoms with Crippen molar-refractivity contribution in [2.45, 2.75) is 37.0 Å². The molecule has 0 fully saturated rings. The Bertz CT molecular complexity index is 425. The van der Waals surface area contributed by atoms with Crippen LogP contribution in [0.3, 0.4) is 0 Å². The predicted molar refractivity (Wildman–Crippen MR) is 59.9 cm³/mol. The van der Waals surface area contributed by atoms with E-state index in [0.717, 1.165) is 0 Å². The number of rotatable bonds is 2. The molecule has 100 valence electrons. The van der Waals surface area contributed by atoms with Crippen molar-refractivity contribution in [3.8, 4) is 0 Å². The van der Waals surface area contributed by atoms with Gasteiger partial charge in [0, 0.05) is 11.2 Å². The molecular formula is C9H12BrF3O3S. The van der Waals surface area contributed by atoms with Crippen LogP contribution in [0.25, 0.3) is 0 Å². The maximum Gasteiger partial charge on any atom is 0.534 e. The van der Waals surface area contributed by atoms with Crippen molar-refractivity contribution in [1.29, 1.82) is 0 Å². The Balaban J connectivity index is 2.90. The van der Waals surface area contributed by atoms with Crippen molar-refractivity contribution in [2.24, 2.45) is 5.41 Å². The van der Waals surface area contributed by atoms with Gasteiger partial charge in [0.25, 0.3) is 0 Å². The summed E-state index contributed by atoms with van der Waals surface area (Å²) in [5, 5.41) is 0. The molecule has 0 N–H and O–H groups in total. The summed E-state index contributed by atoms with van der Waals surface area (Å²) < 4.78 is 62.2. The third-order valence-electron chi connectivity index (χ3n) is 2.27.